The Bertz CT molecular complexity index is 639. The fourth-order valence-corrected chi connectivity index (χ4v) is 3.29. The van der Waals surface area contributed by atoms with Gasteiger partial charge in [-0.05, 0) is 43.6 Å². The zero-order valence-corrected chi connectivity index (χ0v) is 14.6. The van der Waals surface area contributed by atoms with Gasteiger partial charge in [0.1, 0.15) is 5.75 Å². The summed E-state index contributed by atoms with van der Waals surface area (Å²) in [6.07, 6.45) is 3.76. The van der Waals surface area contributed by atoms with Gasteiger partial charge in [0.05, 0.1) is 6.04 Å². The SMILES string of the molecule is O=C(COc1ccccc1)NCC(c1ccccc1)N1CCCCC1. The van der Waals surface area contributed by atoms with Gasteiger partial charge in [0.25, 0.3) is 5.91 Å². The van der Waals surface area contributed by atoms with Gasteiger partial charge in [-0.3, -0.25) is 9.69 Å². The molecule has 0 aliphatic carbocycles. The highest BCUT2D eigenvalue weighted by atomic mass is 16.5. The van der Waals surface area contributed by atoms with E-state index in [0.29, 0.717) is 12.3 Å². The van der Waals surface area contributed by atoms with Crippen molar-refractivity contribution in [2.75, 3.05) is 26.2 Å². The molecule has 0 radical (unpaired) electrons. The summed E-state index contributed by atoms with van der Waals surface area (Å²) in [6, 6.07) is 20.1. The predicted molar refractivity (Wildman–Crippen MR) is 99.6 cm³/mol. The van der Waals surface area contributed by atoms with E-state index in [1.165, 1.54) is 24.8 Å². The average Bonchev–Trinajstić information content (AvgIpc) is 2.69. The van der Waals surface area contributed by atoms with Crippen LogP contribution in [0.3, 0.4) is 0 Å². The van der Waals surface area contributed by atoms with E-state index in [9.17, 15) is 4.79 Å². The van der Waals surface area contributed by atoms with Crippen molar-refractivity contribution in [3.63, 3.8) is 0 Å². The number of amides is 1. The van der Waals surface area contributed by atoms with Crippen LogP contribution in [0.25, 0.3) is 0 Å². The molecule has 0 saturated carbocycles. The Morgan fingerprint density at radius 2 is 1.60 bits per heavy atom. The molecule has 1 aliphatic heterocycles. The molecular formula is C21H26N2O2. The van der Waals surface area contributed by atoms with Crippen LogP contribution >= 0.6 is 0 Å². The highest BCUT2D eigenvalue weighted by Gasteiger charge is 2.22. The second-order valence-corrected chi connectivity index (χ2v) is 6.43. The van der Waals surface area contributed by atoms with E-state index in [2.05, 4.69) is 34.5 Å². The molecule has 2 aromatic rings. The van der Waals surface area contributed by atoms with E-state index in [1.54, 1.807) is 0 Å². The van der Waals surface area contributed by atoms with Crippen LogP contribution in [-0.2, 0) is 4.79 Å². The number of nitrogens with zero attached hydrogens (tertiary/aromatic N) is 1. The smallest absolute Gasteiger partial charge is 0.258 e. The van der Waals surface area contributed by atoms with Crippen LogP contribution in [0, 0.1) is 0 Å². The molecular weight excluding hydrogens is 312 g/mol. The van der Waals surface area contributed by atoms with Crippen LogP contribution in [0.5, 0.6) is 5.75 Å². The Labute approximate surface area is 149 Å². The summed E-state index contributed by atoms with van der Waals surface area (Å²) in [4.78, 5) is 14.7. The quantitative estimate of drug-likeness (QED) is 0.841. The first-order valence-corrected chi connectivity index (χ1v) is 9.06. The summed E-state index contributed by atoms with van der Waals surface area (Å²) in [7, 11) is 0. The molecule has 1 fully saturated rings. The minimum Gasteiger partial charge on any atom is -0.484 e. The van der Waals surface area contributed by atoms with E-state index in [1.807, 2.05) is 36.4 Å². The predicted octanol–water partition coefficient (Wildman–Crippen LogP) is 3.41. The normalized spacial score (nSPS) is 16.2. The van der Waals surface area contributed by atoms with Crippen molar-refractivity contribution in [1.29, 1.82) is 0 Å². The second-order valence-electron chi connectivity index (χ2n) is 6.43. The molecule has 25 heavy (non-hydrogen) atoms. The summed E-state index contributed by atoms with van der Waals surface area (Å²) in [5.74, 6) is 0.634. The number of rotatable bonds is 7. The molecule has 0 bridgehead atoms. The molecule has 2 aromatic carbocycles. The average molecular weight is 338 g/mol. The van der Waals surface area contributed by atoms with E-state index >= 15 is 0 Å². The minimum absolute atomic E-state index is 0.0471. The van der Waals surface area contributed by atoms with Gasteiger partial charge in [0, 0.05) is 6.54 Å². The Morgan fingerprint density at radius 3 is 2.28 bits per heavy atom. The number of piperidine rings is 1. The van der Waals surface area contributed by atoms with Crippen molar-refractivity contribution < 1.29 is 9.53 Å². The van der Waals surface area contributed by atoms with Gasteiger partial charge in [-0.1, -0.05) is 55.0 Å². The number of benzene rings is 2. The number of ether oxygens (including phenoxy) is 1. The number of carbonyl (C=O) groups excluding carboxylic acids is 1. The Morgan fingerprint density at radius 1 is 0.960 bits per heavy atom. The lowest BCUT2D eigenvalue weighted by Crippen LogP contribution is -2.41. The maximum Gasteiger partial charge on any atom is 0.258 e. The van der Waals surface area contributed by atoms with Gasteiger partial charge in [-0.25, -0.2) is 0 Å². The maximum absolute atomic E-state index is 12.2. The van der Waals surface area contributed by atoms with Crippen LogP contribution in [0.15, 0.2) is 60.7 Å². The standard InChI is InChI=1S/C21H26N2O2/c24-21(17-25-19-12-6-2-7-13-19)22-16-20(18-10-4-1-5-11-18)23-14-8-3-9-15-23/h1-2,4-7,10-13,20H,3,8-9,14-17H2,(H,22,24). The van der Waals surface area contributed by atoms with E-state index < -0.39 is 0 Å². The first kappa shape index (κ1) is 17.5. The van der Waals surface area contributed by atoms with Gasteiger partial charge in [0.15, 0.2) is 6.61 Å². The van der Waals surface area contributed by atoms with Crippen LogP contribution in [0.1, 0.15) is 30.9 Å². The molecule has 0 aromatic heterocycles. The van der Waals surface area contributed by atoms with Gasteiger partial charge >= 0.3 is 0 Å². The molecule has 1 N–H and O–H groups in total. The van der Waals surface area contributed by atoms with Crippen LogP contribution < -0.4 is 10.1 Å². The van der Waals surface area contributed by atoms with Gasteiger partial charge in [-0.15, -0.1) is 0 Å². The van der Waals surface area contributed by atoms with Crippen LogP contribution in [0.4, 0.5) is 0 Å². The molecule has 1 atom stereocenters. The molecule has 3 rings (SSSR count). The lowest BCUT2D eigenvalue weighted by Gasteiger charge is -2.35. The van der Waals surface area contributed by atoms with Gasteiger partial charge in [-0.2, -0.15) is 0 Å². The van der Waals surface area contributed by atoms with E-state index in [4.69, 9.17) is 4.74 Å². The second kappa shape index (κ2) is 9.23. The fraction of sp³-hybridized carbons (Fsp3) is 0.381. The summed E-state index contributed by atoms with van der Waals surface area (Å²) >= 11 is 0. The summed E-state index contributed by atoms with van der Waals surface area (Å²) in [5.41, 5.74) is 1.26. The van der Waals surface area contributed by atoms with Crippen molar-refractivity contribution in [2.24, 2.45) is 0 Å². The Hall–Kier alpha value is -2.33. The van der Waals surface area contributed by atoms with E-state index in [-0.39, 0.29) is 18.6 Å². The van der Waals surface area contributed by atoms with Gasteiger partial charge < -0.3 is 10.1 Å². The molecule has 1 aliphatic rings. The van der Waals surface area contributed by atoms with Gasteiger partial charge in [0.2, 0.25) is 0 Å². The third-order valence-corrected chi connectivity index (χ3v) is 4.62. The zero-order valence-electron chi connectivity index (χ0n) is 14.6. The Kier molecular flexibility index (Phi) is 6.46. The monoisotopic (exact) mass is 338 g/mol. The number of nitrogens with one attached hydrogen (secondary N) is 1. The van der Waals surface area contributed by atoms with E-state index in [0.717, 1.165) is 13.1 Å². The van der Waals surface area contributed by atoms with Crippen LogP contribution in [-0.4, -0.2) is 37.0 Å². The lowest BCUT2D eigenvalue weighted by atomic mass is 10.0. The molecule has 132 valence electrons. The first-order valence-electron chi connectivity index (χ1n) is 9.06. The number of carbonyl (C=O) groups is 1. The molecule has 4 nitrogen and oxygen atoms in total. The lowest BCUT2D eigenvalue weighted by molar-refractivity contribution is -0.123. The first-order chi connectivity index (χ1) is 12.3. The van der Waals surface area contributed by atoms with Crippen molar-refractivity contribution >= 4 is 5.91 Å². The fourth-order valence-electron chi connectivity index (χ4n) is 3.29. The highest BCUT2D eigenvalue weighted by Crippen LogP contribution is 2.24. The van der Waals surface area contributed by atoms with Crippen molar-refractivity contribution in [1.82, 2.24) is 10.2 Å². The van der Waals surface area contributed by atoms with Crippen molar-refractivity contribution in [2.45, 2.75) is 25.3 Å². The summed E-state index contributed by atoms with van der Waals surface area (Å²) in [5, 5.41) is 3.04. The number of hydrogen-bond acceptors (Lipinski definition) is 3. The molecule has 0 spiro atoms. The topological polar surface area (TPSA) is 41.6 Å². The molecule has 1 saturated heterocycles. The van der Waals surface area contributed by atoms with Crippen molar-refractivity contribution in [3.8, 4) is 5.75 Å². The maximum atomic E-state index is 12.2. The minimum atomic E-state index is -0.0817. The highest BCUT2D eigenvalue weighted by molar-refractivity contribution is 5.77. The third kappa shape index (κ3) is 5.33. The number of hydrogen-bond donors (Lipinski definition) is 1. The summed E-state index contributed by atoms with van der Waals surface area (Å²) < 4.78 is 5.53. The molecule has 4 heteroatoms. The number of para-hydroxylation sites is 1. The zero-order chi connectivity index (χ0) is 17.3. The van der Waals surface area contributed by atoms with Crippen LogP contribution in [0.2, 0.25) is 0 Å². The molecule has 1 unspecified atom stereocenters. The number of likely N-dealkylation sites (tertiary alicyclic amines) is 1. The summed E-state index contributed by atoms with van der Waals surface area (Å²) in [6.45, 7) is 2.85. The molecule has 1 heterocycles. The molecule has 1 amide bonds. The third-order valence-electron chi connectivity index (χ3n) is 4.62. The van der Waals surface area contributed by atoms with Crippen molar-refractivity contribution in [3.05, 3.63) is 66.2 Å². The Balaban J connectivity index is 1.55. The largest absolute Gasteiger partial charge is 0.484 e.